The highest BCUT2D eigenvalue weighted by Gasteiger charge is 2.61. The van der Waals surface area contributed by atoms with Crippen LogP contribution in [0.2, 0.25) is 0 Å². The van der Waals surface area contributed by atoms with E-state index in [4.69, 9.17) is 14.5 Å². The molecule has 57 heavy (non-hydrogen) atoms. The summed E-state index contributed by atoms with van der Waals surface area (Å²) in [5.74, 6) is -2.41. The molecule has 3 aliphatic carbocycles. The SMILES string of the molecule is C=C[C@@H]1C[C@]1(CC(=O)[C@@H]1C[C@@H]2CN1C(=O)[C@H](C1CCCCC1)CC(=O)OCC(C)(C)CCCc1ccc3c(c1)c(nc1ccccc13)O2)C(=O)NS(=O)(=O)C1CC1. The standard InChI is InChI=1S/C45H55N3O8S/c1-4-30-24-45(30,43(52)47-57(53,54)32-17-18-32)25-39(49)38-22-31-26-48(38)42(51)35(29-12-6-5-7-13-29)23-40(50)55-27-44(2,3)20-10-11-28-16-19-33-34-14-8-9-15-37(34)46-41(56-31)36(33)21-28/h4,8-9,14-16,19,21,29-32,35,38H,1,5-7,10-13,17-18,20,22-27H2,2-3H3,(H,47,52)/t30-,31-,35+,38+,45-/m1/s1. The number of Topliss-reactive ketones (excluding diaryl/α,β-unsaturated/α-hetero) is 1. The van der Waals surface area contributed by atoms with Crippen LogP contribution in [-0.4, -0.2) is 72.4 Å². The summed E-state index contributed by atoms with van der Waals surface area (Å²) in [6.45, 7) is 8.39. The minimum absolute atomic E-state index is 0.0454. The molecule has 8 rings (SSSR count). The lowest BCUT2D eigenvalue weighted by Gasteiger charge is -2.34. The summed E-state index contributed by atoms with van der Waals surface area (Å²) in [7, 11) is -3.85. The average molecular weight is 798 g/mol. The summed E-state index contributed by atoms with van der Waals surface area (Å²) < 4.78 is 40.7. The summed E-state index contributed by atoms with van der Waals surface area (Å²) in [6.07, 6.45) is 9.22. The Morgan fingerprint density at radius 3 is 2.51 bits per heavy atom. The van der Waals surface area contributed by atoms with Gasteiger partial charge in [-0.15, -0.1) is 6.58 Å². The molecule has 1 saturated heterocycles. The van der Waals surface area contributed by atoms with Crippen molar-refractivity contribution < 1.29 is 37.1 Å². The topological polar surface area (TPSA) is 149 Å². The fraction of sp³-hybridized carbons (Fsp3) is 0.578. The van der Waals surface area contributed by atoms with Gasteiger partial charge in [0.25, 0.3) is 0 Å². The minimum atomic E-state index is -3.85. The number of amides is 2. The van der Waals surface area contributed by atoms with E-state index in [-0.39, 0.29) is 67.8 Å². The third-order valence-electron chi connectivity index (χ3n) is 13.4. The molecule has 4 fully saturated rings. The van der Waals surface area contributed by atoms with Crippen molar-refractivity contribution in [3.63, 3.8) is 0 Å². The molecule has 0 unspecified atom stereocenters. The molecule has 3 saturated carbocycles. The van der Waals surface area contributed by atoms with Crippen LogP contribution in [0.3, 0.4) is 0 Å². The molecular weight excluding hydrogens is 743 g/mol. The Balaban J connectivity index is 1.16. The van der Waals surface area contributed by atoms with Gasteiger partial charge in [0.15, 0.2) is 5.78 Å². The number of sulfonamides is 1. The van der Waals surface area contributed by atoms with Gasteiger partial charge < -0.3 is 14.4 Å². The number of nitrogens with one attached hydrogen (secondary N) is 1. The van der Waals surface area contributed by atoms with Gasteiger partial charge in [-0.3, -0.25) is 23.9 Å². The van der Waals surface area contributed by atoms with Crippen LogP contribution in [0.5, 0.6) is 5.88 Å². The number of aryl methyl sites for hydroxylation is 1. The van der Waals surface area contributed by atoms with E-state index in [9.17, 15) is 22.8 Å². The van der Waals surface area contributed by atoms with Crippen molar-refractivity contribution in [3.8, 4) is 5.88 Å². The molecule has 12 heteroatoms. The van der Waals surface area contributed by atoms with Crippen LogP contribution in [0.1, 0.15) is 103 Å². The van der Waals surface area contributed by atoms with Gasteiger partial charge in [0, 0.05) is 23.6 Å². The number of ether oxygens (including phenoxy) is 2. The van der Waals surface area contributed by atoms with Crippen LogP contribution in [0.25, 0.3) is 21.7 Å². The van der Waals surface area contributed by atoms with Gasteiger partial charge in [-0.2, -0.15) is 0 Å². The number of benzene rings is 2. The van der Waals surface area contributed by atoms with Crippen LogP contribution >= 0.6 is 0 Å². The fourth-order valence-corrected chi connectivity index (χ4v) is 11.1. The molecule has 2 aromatic carbocycles. The lowest BCUT2D eigenvalue weighted by molar-refractivity contribution is -0.154. The van der Waals surface area contributed by atoms with Crippen molar-refractivity contribution in [1.82, 2.24) is 14.6 Å². The zero-order valence-electron chi connectivity index (χ0n) is 33.2. The molecule has 3 heterocycles. The summed E-state index contributed by atoms with van der Waals surface area (Å²) in [5.41, 5.74) is 0.343. The first kappa shape index (κ1) is 39.5. The van der Waals surface area contributed by atoms with Gasteiger partial charge in [0.2, 0.25) is 27.7 Å². The maximum atomic E-state index is 15.0. The van der Waals surface area contributed by atoms with Gasteiger partial charge in [-0.25, -0.2) is 13.4 Å². The smallest absolute Gasteiger partial charge is 0.306 e. The first-order chi connectivity index (χ1) is 27.3. The largest absolute Gasteiger partial charge is 0.472 e. The summed E-state index contributed by atoms with van der Waals surface area (Å²) in [4.78, 5) is 63.6. The Bertz CT molecular complexity index is 2210. The van der Waals surface area contributed by atoms with Crippen molar-refractivity contribution in [1.29, 1.82) is 0 Å². The van der Waals surface area contributed by atoms with E-state index in [2.05, 4.69) is 43.3 Å². The number of ketones is 1. The van der Waals surface area contributed by atoms with Crippen molar-refractivity contribution in [2.75, 3.05) is 13.2 Å². The van der Waals surface area contributed by atoms with Gasteiger partial charge in [-0.05, 0) is 91.7 Å². The number of hydrogen-bond donors (Lipinski definition) is 1. The van der Waals surface area contributed by atoms with E-state index in [1.54, 1.807) is 11.0 Å². The van der Waals surface area contributed by atoms with E-state index < -0.39 is 50.6 Å². The number of nitrogens with zero attached hydrogens (tertiary/aromatic N) is 2. The number of esters is 1. The number of aromatic nitrogens is 1. The summed E-state index contributed by atoms with van der Waals surface area (Å²) >= 11 is 0. The zero-order chi connectivity index (χ0) is 40.1. The number of cyclic esters (lactones) is 1. The van der Waals surface area contributed by atoms with Crippen LogP contribution in [0.4, 0.5) is 0 Å². The number of para-hydroxylation sites is 1. The Morgan fingerprint density at radius 1 is 1.00 bits per heavy atom. The Labute approximate surface area is 335 Å². The predicted octanol–water partition coefficient (Wildman–Crippen LogP) is 6.99. The van der Waals surface area contributed by atoms with Crippen molar-refractivity contribution in [2.24, 2.45) is 28.6 Å². The van der Waals surface area contributed by atoms with E-state index in [0.29, 0.717) is 18.7 Å². The van der Waals surface area contributed by atoms with E-state index >= 15 is 4.79 Å². The lowest BCUT2D eigenvalue weighted by Crippen LogP contribution is -2.48. The van der Waals surface area contributed by atoms with E-state index in [1.807, 2.05) is 24.3 Å². The molecule has 5 aliphatic rings. The second-order valence-electron chi connectivity index (χ2n) is 18.2. The lowest BCUT2D eigenvalue weighted by atomic mass is 9.77. The zero-order valence-corrected chi connectivity index (χ0v) is 34.0. The van der Waals surface area contributed by atoms with E-state index in [0.717, 1.165) is 78.6 Å². The number of fused-ring (bicyclic) bond motifs is 5. The highest BCUT2D eigenvalue weighted by Crippen LogP contribution is 2.57. The van der Waals surface area contributed by atoms with Gasteiger partial charge in [0.1, 0.15) is 6.10 Å². The number of hydrogen-bond acceptors (Lipinski definition) is 9. The third-order valence-corrected chi connectivity index (χ3v) is 15.2. The maximum absolute atomic E-state index is 15.0. The van der Waals surface area contributed by atoms with E-state index in [1.165, 1.54) is 0 Å². The van der Waals surface area contributed by atoms with Crippen LogP contribution in [-0.2, 0) is 40.4 Å². The first-order valence-electron chi connectivity index (χ1n) is 20.9. The molecule has 2 amide bonds. The van der Waals surface area contributed by atoms with Crippen LogP contribution < -0.4 is 9.46 Å². The molecule has 0 radical (unpaired) electrons. The van der Waals surface area contributed by atoms with Gasteiger partial charge in [0.05, 0.1) is 47.7 Å². The quantitative estimate of drug-likeness (QED) is 0.145. The molecule has 11 nitrogen and oxygen atoms in total. The van der Waals surface area contributed by atoms with Gasteiger partial charge in [-0.1, -0.05) is 69.5 Å². The van der Waals surface area contributed by atoms with Gasteiger partial charge >= 0.3 is 5.97 Å². The molecule has 1 N–H and O–H groups in total. The molecule has 1 aromatic heterocycles. The molecule has 5 atom stereocenters. The number of carbonyl (C=O) groups excluding carboxylic acids is 4. The summed E-state index contributed by atoms with van der Waals surface area (Å²) in [6, 6.07) is 13.3. The Hall–Kier alpha value is -4.32. The Morgan fingerprint density at radius 2 is 1.77 bits per heavy atom. The van der Waals surface area contributed by atoms with Crippen molar-refractivity contribution >= 4 is 55.3 Å². The normalized spacial score (nSPS) is 28.6. The molecule has 4 bridgehead atoms. The fourth-order valence-electron chi connectivity index (χ4n) is 9.68. The number of pyridine rings is 1. The maximum Gasteiger partial charge on any atom is 0.306 e. The number of rotatable bonds is 8. The second kappa shape index (κ2) is 15.5. The first-order valence-corrected chi connectivity index (χ1v) is 22.5. The molecule has 304 valence electrons. The van der Waals surface area contributed by atoms with Crippen molar-refractivity contribution in [3.05, 3.63) is 60.7 Å². The molecular formula is C45H55N3O8S. The monoisotopic (exact) mass is 797 g/mol. The molecule has 2 aliphatic heterocycles. The predicted molar refractivity (Wildman–Crippen MR) is 217 cm³/mol. The molecule has 0 spiro atoms. The third kappa shape index (κ3) is 8.21. The second-order valence-corrected chi connectivity index (χ2v) is 20.2. The minimum Gasteiger partial charge on any atom is -0.472 e. The highest BCUT2D eigenvalue weighted by atomic mass is 32.2. The van der Waals surface area contributed by atoms with Crippen molar-refractivity contribution in [2.45, 2.75) is 121 Å². The molecule has 3 aromatic rings. The average Bonchev–Trinajstić information content (AvgIpc) is 4.13. The Kier molecular flexibility index (Phi) is 10.7. The highest BCUT2D eigenvalue weighted by molar-refractivity contribution is 7.90. The van der Waals surface area contributed by atoms with Crippen LogP contribution in [0, 0.1) is 28.6 Å². The summed E-state index contributed by atoms with van der Waals surface area (Å²) in [5, 5.41) is 2.25. The number of carbonyl (C=O) groups is 4. The van der Waals surface area contributed by atoms with Crippen LogP contribution in [0.15, 0.2) is 55.1 Å². The number of allylic oxidation sites excluding steroid dienone is 1.